The van der Waals surface area contributed by atoms with Gasteiger partial charge in [-0.3, -0.25) is 4.72 Å². The highest BCUT2D eigenvalue weighted by molar-refractivity contribution is 7.92. The number of anilines is 1. The second-order valence-corrected chi connectivity index (χ2v) is 8.94. The summed E-state index contributed by atoms with van der Waals surface area (Å²) in [7, 11) is -3.33. The third kappa shape index (κ3) is 4.43. The maximum atomic E-state index is 12.1. The average molecular weight is 317 g/mol. The summed E-state index contributed by atoms with van der Waals surface area (Å²) >= 11 is 1.34. The molecule has 0 bridgehead atoms. The second-order valence-electron chi connectivity index (χ2n) is 6.32. The van der Waals surface area contributed by atoms with Crippen molar-refractivity contribution in [2.24, 2.45) is 0 Å². The summed E-state index contributed by atoms with van der Waals surface area (Å²) < 4.78 is 26.9. The van der Waals surface area contributed by atoms with Gasteiger partial charge >= 0.3 is 0 Å². The number of aromatic nitrogens is 1. The van der Waals surface area contributed by atoms with Crippen LogP contribution in [0.2, 0.25) is 0 Å². The number of nitrogens with one attached hydrogen (secondary N) is 2. The Bertz CT molecular complexity index is 540. The molecule has 1 saturated heterocycles. The summed E-state index contributed by atoms with van der Waals surface area (Å²) in [5.41, 5.74) is 0.849. The number of hydrogen-bond acceptors (Lipinski definition) is 5. The van der Waals surface area contributed by atoms with E-state index in [1.807, 2.05) is 5.38 Å². The van der Waals surface area contributed by atoms with Gasteiger partial charge in [-0.15, -0.1) is 11.3 Å². The Hall–Kier alpha value is -0.660. The number of hydrogen-bond donors (Lipinski definition) is 2. The molecule has 7 heteroatoms. The van der Waals surface area contributed by atoms with Gasteiger partial charge in [-0.25, -0.2) is 13.4 Å². The maximum Gasteiger partial charge on any atom is 0.236 e. The molecule has 20 heavy (non-hydrogen) atoms. The molecule has 1 aromatic heterocycles. The van der Waals surface area contributed by atoms with E-state index in [0.29, 0.717) is 5.13 Å². The fourth-order valence-corrected chi connectivity index (χ4v) is 4.73. The van der Waals surface area contributed by atoms with Crippen molar-refractivity contribution in [2.45, 2.75) is 51.5 Å². The highest BCUT2D eigenvalue weighted by Crippen LogP contribution is 2.27. The van der Waals surface area contributed by atoms with Crippen LogP contribution in [0.15, 0.2) is 5.38 Å². The maximum absolute atomic E-state index is 12.1. The quantitative estimate of drug-likeness (QED) is 0.894. The lowest BCUT2D eigenvalue weighted by molar-refractivity contribution is 0.424. The minimum atomic E-state index is -3.33. The molecular weight excluding hydrogens is 294 g/mol. The van der Waals surface area contributed by atoms with Crippen molar-refractivity contribution >= 4 is 26.5 Å². The molecule has 0 saturated carbocycles. The van der Waals surface area contributed by atoms with Crippen molar-refractivity contribution < 1.29 is 8.42 Å². The standard InChI is InChI=1S/C13H23N3O2S2/c1-13(2,3)11-8-19-12(15-11)16-20(17,18)9-10-6-4-5-7-14-10/h8,10,14H,4-7,9H2,1-3H3,(H,15,16). The normalized spacial score (nSPS) is 20.9. The van der Waals surface area contributed by atoms with E-state index in [-0.39, 0.29) is 17.2 Å². The lowest BCUT2D eigenvalue weighted by Crippen LogP contribution is -2.40. The first kappa shape index (κ1) is 15.7. The topological polar surface area (TPSA) is 71.1 Å². The van der Waals surface area contributed by atoms with Crippen LogP contribution in [0.5, 0.6) is 0 Å². The molecule has 1 fully saturated rings. The van der Waals surface area contributed by atoms with Crippen molar-refractivity contribution in [3.05, 3.63) is 11.1 Å². The summed E-state index contributed by atoms with van der Waals surface area (Å²) in [4.78, 5) is 4.37. The van der Waals surface area contributed by atoms with E-state index in [9.17, 15) is 8.42 Å². The Morgan fingerprint density at radius 2 is 2.20 bits per heavy atom. The largest absolute Gasteiger partial charge is 0.313 e. The molecule has 1 atom stereocenters. The van der Waals surface area contributed by atoms with E-state index in [1.165, 1.54) is 11.3 Å². The molecule has 0 spiro atoms. The van der Waals surface area contributed by atoms with Gasteiger partial charge < -0.3 is 5.32 Å². The first-order valence-corrected chi connectivity index (χ1v) is 9.49. The van der Waals surface area contributed by atoms with E-state index in [0.717, 1.165) is 31.5 Å². The highest BCUT2D eigenvalue weighted by Gasteiger charge is 2.23. The minimum Gasteiger partial charge on any atom is -0.313 e. The zero-order valence-electron chi connectivity index (χ0n) is 12.3. The number of rotatable bonds is 4. The zero-order chi connectivity index (χ0) is 14.8. The average Bonchev–Trinajstić information content (AvgIpc) is 2.77. The van der Waals surface area contributed by atoms with Gasteiger partial charge in [0.2, 0.25) is 10.0 Å². The van der Waals surface area contributed by atoms with Crippen LogP contribution in [0.4, 0.5) is 5.13 Å². The Balaban J connectivity index is 1.99. The fourth-order valence-electron chi connectivity index (χ4n) is 2.17. The van der Waals surface area contributed by atoms with Gasteiger partial charge in [-0.05, 0) is 19.4 Å². The zero-order valence-corrected chi connectivity index (χ0v) is 13.9. The van der Waals surface area contributed by atoms with Crippen LogP contribution in [0, 0.1) is 0 Å². The van der Waals surface area contributed by atoms with Crippen LogP contribution in [0.1, 0.15) is 45.7 Å². The lowest BCUT2D eigenvalue weighted by atomic mass is 9.93. The number of thiazole rings is 1. The summed E-state index contributed by atoms with van der Waals surface area (Å²) in [5, 5.41) is 5.63. The summed E-state index contributed by atoms with van der Waals surface area (Å²) in [5.74, 6) is 0.122. The molecule has 0 radical (unpaired) electrons. The van der Waals surface area contributed by atoms with E-state index >= 15 is 0 Å². The van der Waals surface area contributed by atoms with Crippen LogP contribution >= 0.6 is 11.3 Å². The van der Waals surface area contributed by atoms with Crippen molar-refractivity contribution in [3.63, 3.8) is 0 Å². The van der Waals surface area contributed by atoms with Gasteiger partial charge in [-0.2, -0.15) is 0 Å². The lowest BCUT2D eigenvalue weighted by Gasteiger charge is -2.23. The Labute approximate surface area is 125 Å². The smallest absolute Gasteiger partial charge is 0.236 e. The van der Waals surface area contributed by atoms with Gasteiger partial charge in [0.1, 0.15) is 0 Å². The van der Waals surface area contributed by atoms with Crippen LogP contribution in [-0.2, 0) is 15.4 Å². The molecule has 114 valence electrons. The van der Waals surface area contributed by atoms with Gasteiger partial charge in [0.15, 0.2) is 5.13 Å². The second kappa shape index (κ2) is 5.99. The molecule has 1 unspecified atom stereocenters. The number of sulfonamides is 1. The Morgan fingerprint density at radius 1 is 1.45 bits per heavy atom. The third-order valence-electron chi connectivity index (χ3n) is 3.35. The van der Waals surface area contributed by atoms with Gasteiger partial charge in [0.05, 0.1) is 11.4 Å². The summed E-state index contributed by atoms with van der Waals surface area (Å²) in [6.45, 7) is 7.09. The van der Waals surface area contributed by atoms with Crippen molar-refractivity contribution in [1.82, 2.24) is 10.3 Å². The SMILES string of the molecule is CC(C)(C)c1csc(NS(=O)(=O)CC2CCCCN2)n1. The van der Waals surface area contributed by atoms with Gasteiger partial charge in [0.25, 0.3) is 0 Å². The molecule has 0 aliphatic carbocycles. The van der Waals surface area contributed by atoms with E-state index in [1.54, 1.807) is 0 Å². The van der Waals surface area contributed by atoms with E-state index < -0.39 is 10.0 Å². The summed E-state index contributed by atoms with van der Waals surface area (Å²) in [6.07, 6.45) is 3.15. The molecule has 1 aliphatic heterocycles. The first-order chi connectivity index (χ1) is 9.26. The molecule has 1 aromatic rings. The van der Waals surface area contributed by atoms with Crippen molar-refractivity contribution in [2.75, 3.05) is 17.0 Å². The van der Waals surface area contributed by atoms with Crippen LogP contribution in [-0.4, -0.2) is 31.7 Å². The highest BCUT2D eigenvalue weighted by atomic mass is 32.2. The molecule has 5 nitrogen and oxygen atoms in total. The van der Waals surface area contributed by atoms with Crippen LogP contribution in [0.3, 0.4) is 0 Å². The number of nitrogens with zero attached hydrogens (tertiary/aromatic N) is 1. The van der Waals surface area contributed by atoms with Crippen molar-refractivity contribution in [3.8, 4) is 0 Å². The first-order valence-electron chi connectivity index (χ1n) is 6.96. The van der Waals surface area contributed by atoms with E-state index in [2.05, 4.69) is 35.8 Å². The van der Waals surface area contributed by atoms with Crippen LogP contribution in [0.25, 0.3) is 0 Å². The predicted molar refractivity (Wildman–Crippen MR) is 83.9 cm³/mol. The molecule has 0 aromatic carbocycles. The monoisotopic (exact) mass is 317 g/mol. The molecule has 0 amide bonds. The Kier molecular flexibility index (Phi) is 4.71. The third-order valence-corrected chi connectivity index (χ3v) is 5.58. The molecular formula is C13H23N3O2S2. The molecule has 2 N–H and O–H groups in total. The van der Waals surface area contributed by atoms with E-state index in [4.69, 9.17) is 0 Å². The molecule has 2 heterocycles. The number of piperidine rings is 1. The van der Waals surface area contributed by atoms with Crippen LogP contribution < -0.4 is 10.0 Å². The fraction of sp³-hybridized carbons (Fsp3) is 0.769. The van der Waals surface area contributed by atoms with Gasteiger partial charge in [0, 0.05) is 16.8 Å². The molecule has 1 aliphatic rings. The predicted octanol–water partition coefficient (Wildman–Crippen LogP) is 2.32. The van der Waals surface area contributed by atoms with Crippen molar-refractivity contribution in [1.29, 1.82) is 0 Å². The van der Waals surface area contributed by atoms with Gasteiger partial charge in [-0.1, -0.05) is 27.2 Å². The Morgan fingerprint density at radius 3 is 2.75 bits per heavy atom. The minimum absolute atomic E-state index is 0.0586. The molecule has 2 rings (SSSR count). The summed E-state index contributed by atoms with van der Waals surface area (Å²) in [6, 6.07) is 0.0586.